The van der Waals surface area contributed by atoms with Gasteiger partial charge in [0, 0.05) is 55.6 Å². The summed E-state index contributed by atoms with van der Waals surface area (Å²) >= 11 is 0. The molecule has 0 saturated carbocycles. The summed E-state index contributed by atoms with van der Waals surface area (Å²) in [6, 6.07) is 18.6. The number of aromatic nitrogens is 2. The molecule has 2 amide bonds. The highest BCUT2D eigenvalue weighted by molar-refractivity contribution is 6.08. The number of hydrogen-bond donors (Lipinski definition) is 0. The van der Waals surface area contributed by atoms with E-state index in [-0.39, 0.29) is 17.8 Å². The molecule has 0 N–H and O–H groups in total. The second-order valence-electron chi connectivity index (χ2n) is 10.8. The van der Waals surface area contributed by atoms with Crippen LogP contribution in [0.4, 0.5) is 9.18 Å². The lowest BCUT2D eigenvalue weighted by atomic mass is 9.99. The molecule has 3 heterocycles. The largest absolute Gasteiger partial charge is 0.444 e. The van der Waals surface area contributed by atoms with Crippen molar-refractivity contribution < 1.29 is 18.7 Å². The summed E-state index contributed by atoms with van der Waals surface area (Å²) in [5, 5.41) is 0.741. The molecule has 2 aromatic carbocycles. The van der Waals surface area contributed by atoms with E-state index in [1.807, 2.05) is 73.9 Å². The smallest absolute Gasteiger partial charge is 0.410 e. The van der Waals surface area contributed by atoms with Crippen LogP contribution in [0.1, 0.15) is 48.0 Å². The minimum absolute atomic E-state index is 0.129. The highest BCUT2D eigenvalue weighted by atomic mass is 19.1. The van der Waals surface area contributed by atoms with Crippen LogP contribution >= 0.6 is 0 Å². The predicted molar refractivity (Wildman–Crippen MR) is 149 cm³/mol. The maximum absolute atomic E-state index is 14.5. The summed E-state index contributed by atoms with van der Waals surface area (Å²) < 4.78 is 22.0. The maximum Gasteiger partial charge on any atom is 0.410 e. The fourth-order valence-electron chi connectivity index (χ4n) is 5.03. The van der Waals surface area contributed by atoms with E-state index in [0.717, 1.165) is 22.3 Å². The molecule has 0 unspecified atom stereocenters. The molecule has 0 aliphatic carbocycles. The van der Waals surface area contributed by atoms with Crippen molar-refractivity contribution in [1.82, 2.24) is 19.4 Å². The highest BCUT2D eigenvalue weighted by Gasteiger charge is 2.32. The fraction of sp³-hybridized carbons (Fsp3) is 0.323. The number of carbonyl (C=O) groups excluding carboxylic acids is 2. The van der Waals surface area contributed by atoms with Gasteiger partial charge in [-0.25, -0.2) is 14.2 Å². The van der Waals surface area contributed by atoms with Gasteiger partial charge < -0.3 is 14.5 Å². The molecule has 1 saturated heterocycles. The average molecular weight is 529 g/mol. The van der Waals surface area contributed by atoms with Gasteiger partial charge in [0.05, 0.1) is 5.56 Å². The van der Waals surface area contributed by atoms with Crippen LogP contribution in [0.3, 0.4) is 0 Å². The monoisotopic (exact) mass is 528 g/mol. The van der Waals surface area contributed by atoms with Crippen LogP contribution in [0.5, 0.6) is 0 Å². The van der Waals surface area contributed by atoms with E-state index in [2.05, 4.69) is 4.98 Å². The fourth-order valence-corrected chi connectivity index (χ4v) is 5.03. The molecule has 1 aliphatic rings. The predicted octanol–water partition coefficient (Wildman–Crippen LogP) is 5.76. The second kappa shape index (κ2) is 10.5. The molecular weight excluding hydrogens is 495 g/mol. The van der Waals surface area contributed by atoms with Gasteiger partial charge in [0.2, 0.25) is 0 Å². The number of para-hydroxylation sites is 1. The van der Waals surface area contributed by atoms with Gasteiger partial charge in [-0.2, -0.15) is 0 Å². The molecule has 0 radical (unpaired) electrons. The first kappa shape index (κ1) is 26.4. The van der Waals surface area contributed by atoms with E-state index in [0.29, 0.717) is 49.4 Å². The maximum atomic E-state index is 14.5. The SMILES string of the molecule is Cc1c(F)cccc1Cc1c(C(=O)N2CCN(C(=O)OC(C)(C)C)CC2)c2cccnc2n1-c1ccccc1. The van der Waals surface area contributed by atoms with Gasteiger partial charge in [-0.3, -0.25) is 9.36 Å². The Balaban J connectivity index is 1.56. The van der Waals surface area contributed by atoms with Gasteiger partial charge in [0.15, 0.2) is 0 Å². The summed E-state index contributed by atoms with van der Waals surface area (Å²) in [7, 11) is 0. The number of rotatable bonds is 4. The van der Waals surface area contributed by atoms with Gasteiger partial charge in [0.25, 0.3) is 5.91 Å². The zero-order valence-corrected chi connectivity index (χ0v) is 22.8. The van der Waals surface area contributed by atoms with E-state index < -0.39 is 5.60 Å². The zero-order valence-electron chi connectivity index (χ0n) is 22.8. The first-order chi connectivity index (χ1) is 18.6. The summed E-state index contributed by atoms with van der Waals surface area (Å²) in [5.41, 5.74) is 3.63. The van der Waals surface area contributed by atoms with Crippen molar-refractivity contribution in [2.45, 2.75) is 39.7 Å². The Morgan fingerprint density at radius 1 is 0.923 bits per heavy atom. The number of piperazine rings is 1. The molecule has 1 fully saturated rings. The van der Waals surface area contributed by atoms with Gasteiger partial charge in [-0.05, 0) is 69.2 Å². The molecule has 5 rings (SSSR count). The number of halogens is 1. The lowest BCUT2D eigenvalue weighted by Gasteiger charge is -2.35. The Morgan fingerprint density at radius 2 is 1.62 bits per heavy atom. The van der Waals surface area contributed by atoms with Crippen LogP contribution in [0.15, 0.2) is 66.9 Å². The molecule has 7 nitrogen and oxygen atoms in total. The number of pyridine rings is 1. The normalized spacial score (nSPS) is 14.1. The van der Waals surface area contributed by atoms with Crippen molar-refractivity contribution in [3.8, 4) is 5.69 Å². The molecule has 202 valence electrons. The summed E-state index contributed by atoms with van der Waals surface area (Å²) in [4.78, 5) is 34.9. The molecule has 1 aliphatic heterocycles. The Labute approximate surface area is 227 Å². The first-order valence-corrected chi connectivity index (χ1v) is 13.2. The number of fused-ring (bicyclic) bond motifs is 1. The lowest BCUT2D eigenvalue weighted by Crippen LogP contribution is -2.51. The Bertz CT molecular complexity index is 1520. The Morgan fingerprint density at radius 3 is 2.31 bits per heavy atom. The van der Waals surface area contributed by atoms with Crippen molar-refractivity contribution in [1.29, 1.82) is 0 Å². The summed E-state index contributed by atoms with van der Waals surface area (Å²) in [5.74, 6) is -0.408. The molecule has 0 bridgehead atoms. The minimum atomic E-state index is -0.583. The number of carbonyl (C=O) groups is 2. The minimum Gasteiger partial charge on any atom is -0.444 e. The van der Waals surface area contributed by atoms with Gasteiger partial charge in [0.1, 0.15) is 17.1 Å². The van der Waals surface area contributed by atoms with E-state index in [1.165, 1.54) is 6.07 Å². The van der Waals surface area contributed by atoms with Crippen LogP contribution in [-0.2, 0) is 11.2 Å². The number of benzene rings is 2. The Kier molecular flexibility index (Phi) is 7.12. The molecular formula is C31H33FN4O3. The van der Waals surface area contributed by atoms with Crippen LogP contribution in [0, 0.1) is 12.7 Å². The van der Waals surface area contributed by atoms with Crippen molar-refractivity contribution in [2.24, 2.45) is 0 Å². The van der Waals surface area contributed by atoms with Gasteiger partial charge >= 0.3 is 6.09 Å². The van der Waals surface area contributed by atoms with E-state index >= 15 is 0 Å². The highest BCUT2D eigenvalue weighted by Crippen LogP contribution is 2.32. The van der Waals surface area contributed by atoms with Crippen molar-refractivity contribution >= 4 is 23.0 Å². The summed E-state index contributed by atoms with van der Waals surface area (Å²) in [6.45, 7) is 8.80. The van der Waals surface area contributed by atoms with E-state index in [4.69, 9.17) is 4.74 Å². The topological polar surface area (TPSA) is 67.7 Å². The van der Waals surface area contributed by atoms with Crippen molar-refractivity contribution in [2.75, 3.05) is 26.2 Å². The second-order valence-corrected chi connectivity index (χ2v) is 10.8. The quantitative estimate of drug-likeness (QED) is 0.338. The number of ether oxygens (including phenoxy) is 1. The first-order valence-electron chi connectivity index (χ1n) is 13.2. The van der Waals surface area contributed by atoms with E-state index in [1.54, 1.807) is 29.0 Å². The molecule has 8 heteroatoms. The molecule has 39 heavy (non-hydrogen) atoms. The van der Waals surface area contributed by atoms with Crippen LogP contribution in [0.2, 0.25) is 0 Å². The van der Waals surface area contributed by atoms with Crippen LogP contribution in [-0.4, -0.2) is 63.1 Å². The van der Waals surface area contributed by atoms with Crippen LogP contribution < -0.4 is 0 Å². The lowest BCUT2D eigenvalue weighted by molar-refractivity contribution is 0.0141. The van der Waals surface area contributed by atoms with E-state index in [9.17, 15) is 14.0 Å². The van der Waals surface area contributed by atoms with Crippen molar-refractivity contribution in [3.05, 3.63) is 95.1 Å². The summed E-state index contributed by atoms with van der Waals surface area (Å²) in [6.07, 6.45) is 1.70. The standard InChI is InChI=1S/C31H33FN4O3/c1-21-22(10-8-14-25(21)32)20-26-27(24-13-9-15-33-28(24)36(26)23-11-6-5-7-12-23)29(37)34-16-18-35(19-17-34)30(38)39-31(2,3)4/h5-15H,16-20H2,1-4H3. The zero-order chi connectivity index (χ0) is 27.7. The molecule has 4 aromatic rings. The third-order valence-electron chi connectivity index (χ3n) is 7.01. The van der Waals surface area contributed by atoms with Gasteiger partial charge in [-0.15, -0.1) is 0 Å². The number of amides is 2. The van der Waals surface area contributed by atoms with Crippen LogP contribution in [0.25, 0.3) is 16.7 Å². The Hall–Kier alpha value is -4.20. The third-order valence-corrected chi connectivity index (χ3v) is 7.01. The molecule has 2 aromatic heterocycles. The van der Waals surface area contributed by atoms with Gasteiger partial charge in [-0.1, -0.05) is 30.3 Å². The third kappa shape index (κ3) is 5.37. The molecule has 0 spiro atoms. The number of hydrogen-bond acceptors (Lipinski definition) is 4. The molecule has 0 atom stereocenters. The number of nitrogens with zero attached hydrogens (tertiary/aromatic N) is 4. The average Bonchev–Trinajstić information content (AvgIpc) is 3.24. The van der Waals surface area contributed by atoms with Crippen molar-refractivity contribution in [3.63, 3.8) is 0 Å².